The van der Waals surface area contributed by atoms with E-state index in [1.165, 1.54) is 0 Å². The van der Waals surface area contributed by atoms with Gasteiger partial charge in [-0.3, -0.25) is 5.10 Å². The number of rotatable bonds is 3. The van der Waals surface area contributed by atoms with E-state index in [2.05, 4.69) is 41.4 Å². The van der Waals surface area contributed by atoms with Crippen LogP contribution in [-0.4, -0.2) is 15.4 Å². The first kappa shape index (κ1) is 10.7. The molecule has 0 bridgehead atoms. The lowest BCUT2D eigenvalue weighted by atomic mass is 9.93. The predicted molar refractivity (Wildman–Crippen MR) is 61.1 cm³/mol. The Balaban J connectivity index is 1.98. The molecule has 0 aliphatic carbocycles. The SMILES string of the molecule is CC(C)(C)c1cc(NCc2ccn[nH]2)no1. The van der Waals surface area contributed by atoms with Crippen molar-refractivity contribution in [2.45, 2.75) is 32.7 Å². The van der Waals surface area contributed by atoms with Crippen molar-refractivity contribution in [1.82, 2.24) is 15.4 Å². The number of hydrogen-bond acceptors (Lipinski definition) is 4. The van der Waals surface area contributed by atoms with E-state index in [1.54, 1.807) is 6.20 Å². The van der Waals surface area contributed by atoms with Crippen LogP contribution in [0.25, 0.3) is 0 Å². The van der Waals surface area contributed by atoms with Crippen LogP contribution in [0.2, 0.25) is 0 Å². The number of aromatic amines is 1. The topological polar surface area (TPSA) is 66.7 Å². The van der Waals surface area contributed by atoms with Crippen LogP contribution >= 0.6 is 0 Å². The highest BCUT2D eigenvalue weighted by molar-refractivity contribution is 5.36. The Kier molecular flexibility index (Phi) is 2.68. The molecule has 86 valence electrons. The molecule has 2 N–H and O–H groups in total. The summed E-state index contributed by atoms with van der Waals surface area (Å²) in [5.41, 5.74) is 1.00. The summed E-state index contributed by atoms with van der Waals surface area (Å²) in [5.74, 6) is 1.62. The lowest BCUT2D eigenvalue weighted by Crippen LogP contribution is -2.09. The van der Waals surface area contributed by atoms with E-state index in [1.807, 2.05) is 12.1 Å². The summed E-state index contributed by atoms with van der Waals surface area (Å²) in [4.78, 5) is 0. The van der Waals surface area contributed by atoms with Crippen molar-refractivity contribution >= 4 is 5.82 Å². The molecule has 5 heteroatoms. The van der Waals surface area contributed by atoms with Crippen molar-refractivity contribution in [2.75, 3.05) is 5.32 Å². The van der Waals surface area contributed by atoms with Gasteiger partial charge in [0.1, 0.15) is 5.76 Å². The van der Waals surface area contributed by atoms with Crippen molar-refractivity contribution in [1.29, 1.82) is 0 Å². The molecule has 0 saturated carbocycles. The van der Waals surface area contributed by atoms with Crippen LogP contribution in [0.5, 0.6) is 0 Å². The molecule has 0 aromatic carbocycles. The minimum absolute atomic E-state index is 0.0130. The smallest absolute Gasteiger partial charge is 0.169 e. The highest BCUT2D eigenvalue weighted by Gasteiger charge is 2.19. The van der Waals surface area contributed by atoms with E-state index in [0.29, 0.717) is 6.54 Å². The van der Waals surface area contributed by atoms with Crippen molar-refractivity contribution in [3.63, 3.8) is 0 Å². The number of hydrogen-bond donors (Lipinski definition) is 2. The van der Waals surface area contributed by atoms with Gasteiger partial charge in [0.2, 0.25) is 0 Å². The van der Waals surface area contributed by atoms with Crippen LogP contribution in [0.15, 0.2) is 22.9 Å². The minimum atomic E-state index is -0.0130. The van der Waals surface area contributed by atoms with Gasteiger partial charge in [0.25, 0.3) is 0 Å². The standard InChI is InChI=1S/C11H16N4O/c1-11(2,3)9-6-10(15-16-9)12-7-8-4-5-13-14-8/h4-6H,7H2,1-3H3,(H,12,15)(H,13,14). The quantitative estimate of drug-likeness (QED) is 0.833. The van der Waals surface area contributed by atoms with Crippen molar-refractivity contribution < 1.29 is 4.52 Å². The van der Waals surface area contributed by atoms with Crippen molar-refractivity contribution in [3.05, 3.63) is 29.8 Å². The molecule has 0 fully saturated rings. The Labute approximate surface area is 94.2 Å². The number of nitrogens with one attached hydrogen (secondary N) is 2. The fourth-order valence-corrected chi connectivity index (χ4v) is 1.28. The van der Waals surface area contributed by atoms with Gasteiger partial charge >= 0.3 is 0 Å². The van der Waals surface area contributed by atoms with Crippen molar-refractivity contribution in [3.8, 4) is 0 Å². The summed E-state index contributed by atoms with van der Waals surface area (Å²) in [6.07, 6.45) is 1.72. The molecule has 2 aromatic heterocycles. The highest BCUT2D eigenvalue weighted by atomic mass is 16.5. The van der Waals surface area contributed by atoms with E-state index >= 15 is 0 Å². The number of nitrogens with zero attached hydrogens (tertiary/aromatic N) is 2. The molecule has 0 spiro atoms. The number of anilines is 1. The van der Waals surface area contributed by atoms with Gasteiger partial charge < -0.3 is 9.84 Å². The summed E-state index contributed by atoms with van der Waals surface area (Å²) in [6.45, 7) is 6.93. The second kappa shape index (κ2) is 4.00. The summed E-state index contributed by atoms with van der Waals surface area (Å²) in [5, 5.41) is 13.9. The zero-order valence-electron chi connectivity index (χ0n) is 9.74. The monoisotopic (exact) mass is 220 g/mol. The van der Waals surface area contributed by atoms with E-state index in [9.17, 15) is 0 Å². The fourth-order valence-electron chi connectivity index (χ4n) is 1.28. The molecule has 2 heterocycles. The summed E-state index contributed by atoms with van der Waals surface area (Å²) < 4.78 is 5.26. The first-order chi connectivity index (χ1) is 7.55. The van der Waals surface area contributed by atoms with E-state index in [4.69, 9.17) is 4.52 Å². The fraction of sp³-hybridized carbons (Fsp3) is 0.455. The molecule has 2 aromatic rings. The van der Waals surface area contributed by atoms with Crippen LogP contribution in [0.1, 0.15) is 32.2 Å². The molecule has 0 atom stereocenters. The summed E-state index contributed by atoms with van der Waals surface area (Å²) in [6, 6.07) is 3.84. The van der Waals surface area contributed by atoms with E-state index in [0.717, 1.165) is 17.3 Å². The Morgan fingerprint density at radius 1 is 1.44 bits per heavy atom. The molecule has 0 unspecified atom stereocenters. The maximum Gasteiger partial charge on any atom is 0.169 e. The van der Waals surface area contributed by atoms with Gasteiger partial charge in [0.15, 0.2) is 5.82 Å². The third kappa shape index (κ3) is 2.42. The third-order valence-electron chi connectivity index (χ3n) is 2.27. The van der Waals surface area contributed by atoms with Gasteiger partial charge in [-0.2, -0.15) is 5.10 Å². The van der Waals surface area contributed by atoms with Gasteiger partial charge in [-0.1, -0.05) is 25.9 Å². The van der Waals surface area contributed by atoms with E-state index in [-0.39, 0.29) is 5.41 Å². The van der Waals surface area contributed by atoms with Gasteiger partial charge in [0, 0.05) is 17.7 Å². The average Bonchev–Trinajstić information content (AvgIpc) is 2.85. The van der Waals surface area contributed by atoms with Gasteiger partial charge in [0.05, 0.1) is 12.2 Å². The molecule has 0 amide bonds. The van der Waals surface area contributed by atoms with Gasteiger partial charge in [-0.25, -0.2) is 0 Å². The van der Waals surface area contributed by atoms with Crippen LogP contribution in [0.4, 0.5) is 5.82 Å². The maximum atomic E-state index is 5.26. The lowest BCUT2D eigenvalue weighted by molar-refractivity contribution is 0.330. The molecule has 2 rings (SSSR count). The Morgan fingerprint density at radius 2 is 2.25 bits per heavy atom. The molecule has 16 heavy (non-hydrogen) atoms. The lowest BCUT2D eigenvalue weighted by Gasteiger charge is -2.12. The largest absolute Gasteiger partial charge is 0.362 e. The molecular weight excluding hydrogens is 204 g/mol. The normalized spacial score (nSPS) is 11.7. The van der Waals surface area contributed by atoms with Crippen LogP contribution in [0.3, 0.4) is 0 Å². The molecule has 0 aliphatic rings. The average molecular weight is 220 g/mol. The molecular formula is C11H16N4O. The second-order valence-corrected chi connectivity index (χ2v) is 4.76. The molecule has 0 radical (unpaired) electrons. The van der Waals surface area contributed by atoms with Crippen LogP contribution < -0.4 is 5.32 Å². The Morgan fingerprint density at radius 3 is 2.81 bits per heavy atom. The van der Waals surface area contributed by atoms with Gasteiger partial charge in [-0.15, -0.1) is 0 Å². The van der Waals surface area contributed by atoms with Crippen molar-refractivity contribution in [2.24, 2.45) is 0 Å². The Hall–Kier alpha value is -1.78. The summed E-state index contributed by atoms with van der Waals surface area (Å²) in [7, 11) is 0. The second-order valence-electron chi connectivity index (χ2n) is 4.76. The van der Waals surface area contributed by atoms with Crippen LogP contribution in [-0.2, 0) is 12.0 Å². The zero-order valence-corrected chi connectivity index (χ0v) is 9.74. The number of H-pyrrole nitrogens is 1. The first-order valence-electron chi connectivity index (χ1n) is 5.25. The van der Waals surface area contributed by atoms with Crippen LogP contribution in [0, 0.1) is 0 Å². The zero-order chi connectivity index (χ0) is 11.6. The molecule has 0 saturated heterocycles. The van der Waals surface area contributed by atoms with Gasteiger partial charge in [-0.05, 0) is 6.07 Å². The predicted octanol–water partition coefficient (Wildman–Crippen LogP) is 2.31. The first-order valence-corrected chi connectivity index (χ1v) is 5.25. The van der Waals surface area contributed by atoms with E-state index < -0.39 is 0 Å². The minimum Gasteiger partial charge on any atom is -0.362 e. The molecule has 0 aliphatic heterocycles. The maximum absolute atomic E-state index is 5.26. The third-order valence-corrected chi connectivity index (χ3v) is 2.27. The highest BCUT2D eigenvalue weighted by Crippen LogP contribution is 2.24. The summed E-state index contributed by atoms with van der Waals surface area (Å²) >= 11 is 0. The number of aromatic nitrogens is 3. The Bertz CT molecular complexity index is 439. The molecule has 5 nitrogen and oxygen atoms in total.